The first kappa shape index (κ1) is 19.8. The number of rotatable bonds is 6. The Morgan fingerprint density at radius 3 is 2.69 bits per heavy atom. The number of aromatic nitrogens is 1. The Kier molecular flexibility index (Phi) is 5.81. The fourth-order valence-corrected chi connectivity index (χ4v) is 5.04. The van der Waals surface area contributed by atoms with Gasteiger partial charge in [-0.15, -0.1) is 0 Å². The maximum Gasteiger partial charge on any atom is 0.212 e. The highest BCUT2D eigenvalue weighted by atomic mass is 32.2. The molecule has 150 valence electrons. The predicted molar refractivity (Wildman–Crippen MR) is 124 cm³/mol. The van der Waals surface area contributed by atoms with Gasteiger partial charge in [-0.1, -0.05) is 36.7 Å². The van der Waals surface area contributed by atoms with E-state index in [0.29, 0.717) is 0 Å². The molecule has 0 unspecified atom stereocenters. The smallest absolute Gasteiger partial charge is 0.212 e. The number of aryl methyl sites for hydroxylation is 2. The molecule has 0 N–H and O–H groups in total. The van der Waals surface area contributed by atoms with E-state index < -0.39 is 0 Å². The normalized spacial score (nSPS) is 14.6. The second-order valence-corrected chi connectivity index (χ2v) is 8.55. The third-order valence-electron chi connectivity index (χ3n) is 5.48. The van der Waals surface area contributed by atoms with Crippen LogP contribution >= 0.6 is 11.8 Å². The molecule has 0 amide bonds. The first-order valence-corrected chi connectivity index (χ1v) is 11.2. The summed E-state index contributed by atoms with van der Waals surface area (Å²) in [7, 11) is 1.73. The van der Waals surface area contributed by atoms with Crippen molar-refractivity contribution >= 4 is 34.4 Å². The molecule has 3 nitrogen and oxygen atoms in total. The Morgan fingerprint density at radius 1 is 1.07 bits per heavy atom. The minimum Gasteiger partial charge on any atom is -0.497 e. The number of ether oxygens (including phenoxy) is 1. The standard InChI is InChI=1S/C25H29N2OS/c1-5-7-14-27-23-17-21(28-4)11-13-24(23)29-25(27)16-20-10-9-19-15-18(3)8-12-22(19)26(20)6-2/h8-13,15-17H,5-7,14H2,1-4H3/q+1. The first-order chi connectivity index (χ1) is 14.1. The van der Waals surface area contributed by atoms with Crippen LogP contribution in [0.2, 0.25) is 0 Å². The molecule has 0 atom stereocenters. The summed E-state index contributed by atoms with van der Waals surface area (Å²) in [5, 5.41) is 2.58. The number of hydrogen-bond donors (Lipinski definition) is 0. The van der Waals surface area contributed by atoms with Crippen LogP contribution < -0.4 is 14.2 Å². The van der Waals surface area contributed by atoms with Crippen molar-refractivity contribution in [2.24, 2.45) is 0 Å². The Morgan fingerprint density at radius 2 is 1.93 bits per heavy atom. The second-order valence-electron chi connectivity index (χ2n) is 7.49. The van der Waals surface area contributed by atoms with Crippen LogP contribution in [0.4, 0.5) is 5.69 Å². The summed E-state index contributed by atoms with van der Waals surface area (Å²) in [6.07, 6.45) is 4.69. The molecule has 0 bridgehead atoms. The van der Waals surface area contributed by atoms with Crippen LogP contribution in [0.1, 0.15) is 37.9 Å². The molecule has 1 aliphatic heterocycles. The van der Waals surface area contributed by atoms with Gasteiger partial charge in [0.1, 0.15) is 12.3 Å². The molecule has 1 aliphatic rings. The fourth-order valence-electron chi connectivity index (χ4n) is 3.93. The van der Waals surface area contributed by atoms with Crippen LogP contribution in [0, 0.1) is 6.92 Å². The van der Waals surface area contributed by atoms with Crippen molar-refractivity contribution in [2.75, 3.05) is 18.6 Å². The number of thioether (sulfide) groups is 1. The van der Waals surface area contributed by atoms with E-state index in [4.69, 9.17) is 4.74 Å². The minimum atomic E-state index is 0.914. The van der Waals surface area contributed by atoms with Gasteiger partial charge in [-0.3, -0.25) is 0 Å². The Labute approximate surface area is 178 Å². The van der Waals surface area contributed by atoms with E-state index in [1.807, 2.05) is 11.8 Å². The molecular formula is C25H29N2OS+. The summed E-state index contributed by atoms with van der Waals surface area (Å²) in [4.78, 5) is 3.75. The first-order valence-electron chi connectivity index (χ1n) is 10.4. The highest BCUT2D eigenvalue weighted by molar-refractivity contribution is 8.03. The van der Waals surface area contributed by atoms with Crippen LogP contribution in [-0.2, 0) is 6.54 Å². The van der Waals surface area contributed by atoms with Crippen LogP contribution in [0.25, 0.3) is 17.0 Å². The molecule has 0 saturated heterocycles. The molecule has 29 heavy (non-hydrogen) atoms. The quantitative estimate of drug-likeness (QED) is 0.456. The highest BCUT2D eigenvalue weighted by Crippen LogP contribution is 2.48. The summed E-state index contributed by atoms with van der Waals surface area (Å²) < 4.78 is 7.89. The van der Waals surface area contributed by atoms with Crippen LogP contribution in [0.15, 0.2) is 58.5 Å². The number of nitrogens with zero attached hydrogens (tertiary/aromatic N) is 2. The van der Waals surface area contributed by atoms with E-state index in [0.717, 1.165) is 18.8 Å². The zero-order chi connectivity index (χ0) is 20.4. The molecule has 4 heteroatoms. The van der Waals surface area contributed by atoms with E-state index in [1.54, 1.807) is 7.11 Å². The van der Waals surface area contributed by atoms with Crippen molar-refractivity contribution in [3.05, 3.63) is 64.8 Å². The summed E-state index contributed by atoms with van der Waals surface area (Å²) >= 11 is 1.85. The minimum absolute atomic E-state index is 0.914. The zero-order valence-electron chi connectivity index (χ0n) is 17.7. The lowest BCUT2D eigenvalue weighted by atomic mass is 10.1. The molecule has 0 spiro atoms. The van der Waals surface area contributed by atoms with Crippen LogP contribution in [0.5, 0.6) is 5.75 Å². The highest BCUT2D eigenvalue weighted by Gasteiger charge is 2.27. The summed E-state index contributed by atoms with van der Waals surface area (Å²) in [6, 6.07) is 17.6. The summed E-state index contributed by atoms with van der Waals surface area (Å²) in [5.74, 6) is 0.914. The molecule has 3 aromatic rings. The van der Waals surface area contributed by atoms with Crippen molar-refractivity contribution in [3.63, 3.8) is 0 Å². The van der Waals surface area contributed by atoms with E-state index in [9.17, 15) is 0 Å². The lowest BCUT2D eigenvalue weighted by Gasteiger charge is -2.20. The third kappa shape index (κ3) is 3.86. The van der Waals surface area contributed by atoms with Gasteiger partial charge in [0.15, 0.2) is 0 Å². The maximum atomic E-state index is 5.48. The fraction of sp³-hybridized carbons (Fsp3) is 0.320. The Balaban J connectivity index is 1.79. The van der Waals surface area contributed by atoms with Crippen molar-refractivity contribution in [2.45, 2.75) is 45.1 Å². The monoisotopic (exact) mass is 405 g/mol. The summed E-state index contributed by atoms with van der Waals surface area (Å²) in [6.45, 7) is 8.58. The van der Waals surface area contributed by atoms with Gasteiger partial charge in [0, 0.05) is 41.1 Å². The number of methoxy groups -OCH3 is 1. The molecule has 4 rings (SSSR count). The van der Waals surface area contributed by atoms with Gasteiger partial charge in [-0.25, -0.2) is 0 Å². The van der Waals surface area contributed by atoms with Gasteiger partial charge in [0.25, 0.3) is 0 Å². The topological polar surface area (TPSA) is 16.4 Å². The van der Waals surface area contributed by atoms with Gasteiger partial charge >= 0.3 is 0 Å². The third-order valence-corrected chi connectivity index (χ3v) is 6.59. The number of unbranched alkanes of at least 4 members (excludes halogenated alkanes) is 1. The number of anilines is 1. The Hall–Kier alpha value is -2.46. The van der Waals surface area contributed by atoms with Gasteiger partial charge < -0.3 is 9.64 Å². The molecule has 2 heterocycles. The van der Waals surface area contributed by atoms with Gasteiger partial charge in [-0.05, 0) is 44.5 Å². The molecule has 0 fully saturated rings. The zero-order valence-corrected chi connectivity index (χ0v) is 18.6. The summed E-state index contributed by atoms with van der Waals surface area (Å²) in [5.41, 5.74) is 5.09. The lowest BCUT2D eigenvalue weighted by molar-refractivity contribution is -0.669. The van der Waals surface area contributed by atoms with Crippen molar-refractivity contribution < 1.29 is 9.30 Å². The van der Waals surface area contributed by atoms with Crippen molar-refractivity contribution in [1.29, 1.82) is 0 Å². The predicted octanol–water partition coefficient (Wildman–Crippen LogP) is 6.18. The van der Waals surface area contributed by atoms with Gasteiger partial charge in [0.2, 0.25) is 11.2 Å². The van der Waals surface area contributed by atoms with Crippen LogP contribution in [-0.4, -0.2) is 13.7 Å². The van der Waals surface area contributed by atoms with Crippen molar-refractivity contribution in [1.82, 2.24) is 0 Å². The van der Waals surface area contributed by atoms with E-state index in [1.165, 1.54) is 50.6 Å². The number of hydrogen-bond acceptors (Lipinski definition) is 3. The molecule has 2 aromatic carbocycles. The molecular weight excluding hydrogens is 376 g/mol. The number of pyridine rings is 1. The number of fused-ring (bicyclic) bond motifs is 2. The second kappa shape index (κ2) is 8.50. The molecule has 0 aliphatic carbocycles. The average Bonchev–Trinajstić information content (AvgIpc) is 3.08. The van der Waals surface area contributed by atoms with Crippen LogP contribution in [0.3, 0.4) is 0 Å². The SMILES string of the molecule is CCCCN1C(=Cc2ccc3cc(C)ccc3[n+]2CC)Sc2ccc(OC)cc21. The van der Waals surface area contributed by atoms with E-state index >= 15 is 0 Å². The Bertz CT molecular complexity index is 1070. The largest absolute Gasteiger partial charge is 0.497 e. The number of benzene rings is 2. The van der Waals surface area contributed by atoms with Crippen molar-refractivity contribution in [3.8, 4) is 5.75 Å². The van der Waals surface area contributed by atoms with Gasteiger partial charge in [0.05, 0.1) is 17.8 Å². The lowest BCUT2D eigenvalue weighted by Crippen LogP contribution is -2.37. The van der Waals surface area contributed by atoms with Gasteiger partial charge in [-0.2, -0.15) is 4.57 Å². The molecule has 0 radical (unpaired) electrons. The molecule has 1 aromatic heterocycles. The van der Waals surface area contributed by atoms with E-state index in [-0.39, 0.29) is 0 Å². The molecule has 0 saturated carbocycles. The maximum absolute atomic E-state index is 5.48. The van der Waals surface area contributed by atoms with E-state index in [2.05, 4.69) is 84.8 Å². The average molecular weight is 406 g/mol.